The Balaban J connectivity index is 1.60. The largest absolute Gasteiger partial charge is 0.573 e. The monoisotopic (exact) mass is 472 g/mol. The smallest absolute Gasteiger partial charge is 0.493 e. The molecule has 0 amide bonds. The Hall–Kier alpha value is -3.23. The molecule has 0 aliphatic carbocycles. The van der Waals surface area contributed by atoms with Gasteiger partial charge in [-0.1, -0.05) is 48.5 Å². The Morgan fingerprint density at radius 1 is 0.882 bits per heavy atom. The zero-order chi connectivity index (χ0) is 24.0. The van der Waals surface area contributed by atoms with E-state index < -0.39 is 6.36 Å². The van der Waals surface area contributed by atoms with Gasteiger partial charge in [-0.25, -0.2) is 0 Å². The molecule has 1 N–H and O–H groups in total. The zero-order valence-corrected chi connectivity index (χ0v) is 18.8. The average Bonchev–Trinajstić information content (AvgIpc) is 2.85. The van der Waals surface area contributed by atoms with E-state index in [9.17, 15) is 13.2 Å². The lowest BCUT2D eigenvalue weighted by Gasteiger charge is -2.36. The first kappa shape index (κ1) is 23.9. The molecule has 3 aromatic carbocycles. The number of nitrogens with zero attached hydrogens (tertiary/aromatic N) is 1. The van der Waals surface area contributed by atoms with Crippen LogP contribution in [0.15, 0.2) is 72.8 Å². The van der Waals surface area contributed by atoms with Gasteiger partial charge in [-0.2, -0.15) is 0 Å². The maximum atomic E-state index is 12.6. The van der Waals surface area contributed by atoms with Gasteiger partial charge in [-0.15, -0.1) is 13.2 Å². The molecule has 1 aliphatic rings. The minimum Gasteiger partial charge on any atom is -0.493 e. The zero-order valence-electron chi connectivity index (χ0n) is 18.8. The van der Waals surface area contributed by atoms with Gasteiger partial charge in [-0.05, 0) is 41.0 Å². The van der Waals surface area contributed by atoms with E-state index in [0.29, 0.717) is 18.1 Å². The number of rotatable bonds is 8. The second kappa shape index (κ2) is 10.8. The van der Waals surface area contributed by atoms with Crippen LogP contribution in [0.1, 0.15) is 22.7 Å². The standard InChI is InChI=1S/C26H27F3N2O3/c1-32-24-17-21(9-12-23(24)33-18-19-5-3-2-4-6-19)25(31-15-13-30-14-16-31)20-7-10-22(11-8-20)34-26(27,28)29/h2-12,17,25,30H,13-16,18H2,1H3/t25-/m0/s1. The van der Waals surface area contributed by atoms with Gasteiger partial charge in [0.25, 0.3) is 0 Å². The van der Waals surface area contributed by atoms with E-state index in [-0.39, 0.29) is 11.8 Å². The molecule has 8 heteroatoms. The van der Waals surface area contributed by atoms with Gasteiger partial charge >= 0.3 is 6.36 Å². The topological polar surface area (TPSA) is 43.0 Å². The SMILES string of the molecule is COc1cc([C@H](c2ccc(OC(F)(F)F)cc2)N2CCNCC2)ccc1OCc1ccccc1. The Morgan fingerprint density at radius 3 is 2.21 bits per heavy atom. The van der Waals surface area contributed by atoms with Crippen molar-refractivity contribution in [3.05, 3.63) is 89.5 Å². The van der Waals surface area contributed by atoms with Gasteiger partial charge in [0.1, 0.15) is 12.4 Å². The van der Waals surface area contributed by atoms with Crippen LogP contribution in [-0.2, 0) is 6.61 Å². The maximum Gasteiger partial charge on any atom is 0.573 e. The van der Waals surface area contributed by atoms with E-state index in [1.807, 2.05) is 48.5 Å². The van der Waals surface area contributed by atoms with Crippen molar-refractivity contribution in [2.24, 2.45) is 0 Å². The third-order valence-corrected chi connectivity index (χ3v) is 5.69. The summed E-state index contributed by atoms with van der Waals surface area (Å²) in [7, 11) is 1.59. The van der Waals surface area contributed by atoms with Crippen molar-refractivity contribution in [2.75, 3.05) is 33.3 Å². The number of hydrogen-bond acceptors (Lipinski definition) is 5. The minimum absolute atomic E-state index is 0.154. The molecule has 0 aromatic heterocycles. The summed E-state index contributed by atoms with van der Waals surface area (Å²) in [6.07, 6.45) is -4.72. The molecule has 0 unspecified atom stereocenters. The van der Waals surface area contributed by atoms with Gasteiger partial charge in [0.05, 0.1) is 13.2 Å². The Morgan fingerprint density at radius 2 is 1.56 bits per heavy atom. The van der Waals surface area contributed by atoms with Crippen molar-refractivity contribution in [3.8, 4) is 17.2 Å². The van der Waals surface area contributed by atoms with Gasteiger partial charge in [0.2, 0.25) is 0 Å². The second-order valence-corrected chi connectivity index (χ2v) is 7.99. The number of hydrogen-bond donors (Lipinski definition) is 1. The third kappa shape index (κ3) is 6.21. The summed E-state index contributed by atoms with van der Waals surface area (Å²) in [5.41, 5.74) is 2.89. The number of halogens is 3. The predicted molar refractivity (Wildman–Crippen MR) is 123 cm³/mol. The predicted octanol–water partition coefficient (Wildman–Crippen LogP) is 5.17. The van der Waals surface area contributed by atoms with Crippen LogP contribution in [0.3, 0.4) is 0 Å². The van der Waals surface area contributed by atoms with Crippen molar-refractivity contribution in [1.29, 1.82) is 0 Å². The summed E-state index contributed by atoms with van der Waals surface area (Å²) in [6, 6.07) is 21.6. The molecule has 180 valence electrons. The number of benzene rings is 3. The van der Waals surface area contributed by atoms with Gasteiger partial charge in [0, 0.05) is 26.2 Å². The van der Waals surface area contributed by atoms with Crippen molar-refractivity contribution < 1.29 is 27.4 Å². The average molecular weight is 473 g/mol. The molecule has 0 bridgehead atoms. The molecular formula is C26H27F3N2O3. The first-order valence-corrected chi connectivity index (χ1v) is 11.1. The normalized spacial score (nSPS) is 15.5. The van der Waals surface area contributed by atoms with Crippen molar-refractivity contribution in [3.63, 3.8) is 0 Å². The molecule has 3 aromatic rings. The lowest BCUT2D eigenvalue weighted by atomic mass is 9.96. The van der Waals surface area contributed by atoms with E-state index in [2.05, 4.69) is 15.0 Å². The highest BCUT2D eigenvalue weighted by Gasteiger charge is 2.31. The van der Waals surface area contributed by atoms with Crippen LogP contribution in [0, 0.1) is 0 Å². The summed E-state index contributed by atoms with van der Waals surface area (Å²) in [4.78, 5) is 2.30. The molecule has 0 radical (unpaired) electrons. The maximum absolute atomic E-state index is 12.6. The van der Waals surface area contributed by atoms with E-state index >= 15 is 0 Å². The number of piperazine rings is 1. The highest BCUT2D eigenvalue weighted by molar-refractivity contribution is 5.46. The molecule has 1 heterocycles. The lowest BCUT2D eigenvalue weighted by molar-refractivity contribution is -0.274. The molecular weight excluding hydrogens is 445 g/mol. The Labute approximate surface area is 197 Å². The van der Waals surface area contributed by atoms with E-state index in [1.165, 1.54) is 12.1 Å². The van der Waals surface area contributed by atoms with Crippen LogP contribution in [0.4, 0.5) is 13.2 Å². The van der Waals surface area contributed by atoms with Crippen LogP contribution >= 0.6 is 0 Å². The molecule has 4 rings (SSSR count). The number of methoxy groups -OCH3 is 1. The molecule has 0 spiro atoms. The Bertz CT molecular complexity index is 1050. The van der Waals surface area contributed by atoms with Gasteiger partial charge < -0.3 is 19.5 Å². The second-order valence-electron chi connectivity index (χ2n) is 7.99. The number of nitrogens with one attached hydrogen (secondary N) is 1. The summed E-state index contributed by atoms with van der Waals surface area (Å²) >= 11 is 0. The first-order chi connectivity index (χ1) is 16.4. The van der Waals surface area contributed by atoms with E-state index in [0.717, 1.165) is 42.9 Å². The fourth-order valence-corrected chi connectivity index (χ4v) is 4.12. The van der Waals surface area contributed by atoms with Crippen molar-refractivity contribution >= 4 is 0 Å². The summed E-state index contributed by atoms with van der Waals surface area (Å²) in [5.74, 6) is 0.992. The molecule has 34 heavy (non-hydrogen) atoms. The van der Waals surface area contributed by atoms with Gasteiger partial charge in [-0.3, -0.25) is 4.90 Å². The quantitative estimate of drug-likeness (QED) is 0.490. The Kier molecular flexibility index (Phi) is 7.59. The number of ether oxygens (including phenoxy) is 3. The molecule has 1 aliphatic heterocycles. The molecule has 5 nitrogen and oxygen atoms in total. The van der Waals surface area contributed by atoms with E-state index in [1.54, 1.807) is 19.2 Å². The van der Waals surface area contributed by atoms with Crippen LogP contribution < -0.4 is 19.5 Å². The van der Waals surface area contributed by atoms with Crippen molar-refractivity contribution in [1.82, 2.24) is 10.2 Å². The summed E-state index contributed by atoms with van der Waals surface area (Å²) in [5, 5.41) is 3.34. The minimum atomic E-state index is -4.72. The highest BCUT2D eigenvalue weighted by Crippen LogP contribution is 2.36. The summed E-state index contributed by atoms with van der Waals surface area (Å²) in [6.45, 7) is 3.70. The fraction of sp³-hybridized carbons (Fsp3) is 0.308. The van der Waals surface area contributed by atoms with E-state index in [4.69, 9.17) is 9.47 Å². The molecule has 1 saturated heterocycles. The fourth-order valence-electron chi connectivity index (χ4n) is 4.12. The molecule has 0 saturated carbocycles. The number of alkyl halides is 3. The summed E-state index contributed by atoms with van der Waals surface area (Å²) < 4.78 is 53.4. The highest BCUT2D eigenvalue weighted by atomic mass is 19.4. The van der Waals surface area contributed by atoms with Crippen LogP contribution in [-0.4, -0.2) is 44.6 Å². The van der Waals surface area contributed by atoms with Crippen LogP contribution in [0.5, 0.6) is 17.2 Å². The molecule has 1 atom stereocenters. The van der Waals surface area contributed by atoms with Crippen LogP contribution in [0.2, 0.25) is 0 Å². The third-order valence-electron chi connectivity index (χ3n) is 5.69. The van der Waals surface area contributed by atoms with Gasteiger partial charge in [0.15, 0.2) is 11.5 Å². The lowest BCUT2D eigenvalue weighted by Crippen LogP contribution is -2.45. The van der Waals surface area contributed by atoms with Crippen LogP contribution in [0.25, 0.3) is 0 Å². The first-order valence-electron chi connectivity index (χ1n) is 11.1. The van der Waals surface area contributed by atoms with Crippen molar-refractivity contribution in [2.45, 2.75) is 19.0 Å². The molecule has 1 fully saturated rings.